The molecule has 180 valence electrons. The summed E-state index contributed by atoms with van der Waals surface area (Å²) >= 11 is 0. The van der Waals surface area contributed by atoms with E-state index >= 15 is 0 Å². The lowest BCUT2D eigenvalue weighted by atomic mass is 9.68. The number of rotatable bonds is 5. The van der Waals surface area contributed by atoms with Crippen LogP contribution in [0, 0.1) is 0 Å². The molecule has 8 heteroatoms. The standard InChI is InChI=1S/C26H33N5O3/c1-17(2)28-25(33)31-15-26(16-31)14-30(12-18-7-5-6-10-27-18)22(13-32)24-23(26)20-9-8-19(34-4)11-21(20)29(24)3/h5-11,17,22,32H,12-16H2,1-4H3,(H,28,33)/t22-/m1/s1. The molecule has 1 fully saturated rings. The number of aliphatic hydroxyl groups excluding tert-OH is 1. The van der Waals surface area contributed by atoms with Gasteiger partial charge in [-0.15, -0.1) is 0 Å². The summed E-state index contributed by atoms with van der Waals surface area (Å²) in [5, 5.41) is 14.7. The number of aromatic nitrogens is 2. The molecule has 1 spiro atoms. The first-order chi connectivity index (χ1) is 16.4. The largest absolute Gasteiger partial charge is 0.497 e. The van der Waals surface area contributed by atoms with Gasteiger partial charge in [0.05, 0.1) is 31.0 Å². The second-order valence-electron chi connectivity index (χ2n) is 9.87. The van der Waals surface area contributed by atoms with E-state index in [1.807, 2.05) is 43.0 Å². The Morgan fingerprint density at radius 3 is 2.71 bits per heavy atom. The summed E-state index contributed by atoms with van der Waals surface area (Å²) in [6, 6.07) is 12.0. The predicted octanol–water partition coefficient (Wildman–Crippen LogP) is 2.80. The number of amides is 2. The SMILES string of the molecule is COc1ccc2c3c(n(C)c2c1)[C@@H](CO)N(Cc1ccccn1)CC31CN(C(=O)NC(C)C)C1. The minimum Gasteiger partial charge on any atom is -0.497 e. The maximum absolute atomic E-state index is 12.7. The van der Waals surface area contributed by atoms with E-state index in [0.29, 0.717) is 19.6 Å². The molecule has 8 nitrogen and oxygen atoms in total. The van der Waals surface area contributed by atoms with Gasteiger partial charge in [-0.2, -0.15) is 0 Å². The number of aliphatic hydroxyl groups is 1. The number of likely N-dealkylation sites (tertiary alicyclic amines) is 1. The van der Waals surface area contributed by atoms with Gasteiger partial charge in [0.2, 0.25) is 0 Å². The van der Waals surface area contributed by atoms with Crippen molar-refractivity contribution in [2.45, 2.75) is 37.9 Å². The molecular weight excluding hydrogens is 430 g/mol. The number of methoxy groups -OCH3 is 1. The van der Waals surface area contributed by atoms with Gasteiger partial charge in [-0.3, -0.25) is 9.88 Å². The van der Waals surface area contributed by atoms with Gasteiger partial charge >= 0.3 is 6.03 Å². The van der Waals surface area contributed by atoms with E-state index < -0.39 is 0 Å². The van der Waals surface area contributed by atoms with Crippen molar-refractivity contribution >= 4 is 16.9 Å². The normalized spacial score (nSPS) is 19.4. The number of aryl methyl sites for hydroxylation is 1. The Kier molecular flexibility index (Phi) is 5.73. The van der Waals surface area contributed by atoms with Crippen LogP contribution < -0.4 is 10.1 Å². The van der Waals surface area contributed by atoms with Gasteiger partial charge in [0.1, 0.15) is 5.75 Å². The Morgan fingerprint density at radius 1 is 1.26 bits per heavy atom. The molecule has 2 aliphatic rings. The molecule has 0 unspecified atom stereocenters. The zero-order valence-corrected chi connectivity index (χ0v) is 20.3. The smallest absolute Gasteiger partial charge is 0.317 e. The predicted molar refractivity (Wildman–Crippen MR) is 131 cm³/mol. The van der Waals surface area contributed by atoms with Gasteiger partial charge in [-0.1, -0.05) is 6.07 Å². The highest BCUT2D eigenvalue weighted by Crippen LogP contribution is 2.49. The van der Waals surface area contributed by atoms with Gasteiger partial charge in [0.15, 0.2) is 0 Å². The quantitative estimate of drug-likeness (QED) is 0.608. The van der Waals surface area contributed by atoms with E-state index in [4.69, 9.17) is 4.74 Å². The average molecular weight is 464 g/mol. The van der Waals surface area contributed by atoms with Crippen LogP contribution in [0.1, 0.15) is 36.8 Å². The van der Waals surface area contributed by atoms with Crippen molar-refractivity contribution < 1.29 is 14.6 Å². The first kappa shape index (κ1) is 22.7. The number of pyridine rings is 1. The van der Waals surface area contributed by atoms with Crippen molar-refractivity contribution in [3.63, 3.8) is 0 Å². The first-order valence-corrected chi connectivity index (χ1v) is 11.8. The second kappa shape index (κ2) is 8.60. The molecule has 5 rings (SSSR count). The summed E-state index contributed by atoms with van der Waals surface area (Å²) in [6.07, 6.45) is 1.80. The molecule has 0 bridgehead atoms. The lowest BCUT2D eigenvalue weighted by Gasteiger charge is -2.56. The van der Waals surface area contributed by atoms with Crippen molar-refractivity contribution in [3.8, 4) is 5.75 Å². The molecule has 0 saturated carbocycles. The molecule has 2 aromatic heterocycles. The number of ether oxygens (including phenoxy) is 1. The Morgan fingerprint density at radius 2 is 2.06 bits per heavy atom. The fourth-order valence-corrected chi connectivity index (χ4v) is 5.75. The lowest BCUT2D eigenvalue weighted by molar-refractivity contribution is 0.00769. The van der Waals surface area contributed by atoms with Crippen LogP contribution in [0.25, 0.3) is 10.9 Å². The Bertz CT molecular complexity index is 1200. The fourth-order valence-electron chi connectivity index (χ4n) is 5.75. The maximum Gasteiger partial charge on any atom is 0.317 e. The highest BCUT2D eigenvalue weighted by molar-refractivity contribution is 5.89. The lowest BCUT2D eigenvalue weighted by Crippen LogP contribution is -2.69. The van der Waals surface area contributed by atoms with Crippen LogP contribution in [0.5, 0.6) is 5.75 Å². The average Bonchev–Trinajstić information content (AvgIpc) is 3.09. The summed E-state index contributed by atoms with van der Waals surface area (Å²) in [5.41, 5.74) is 4.19. The van der Waals surface area contributed by atoms with E-state index in [0.717, 1.165) is 34.6 Å². The van der Waals surface area contributed by atoms with Crippen molar-refractivity contribution in [1.29, 1.82) is 0 Å². The highest BCUT2D eigenvalue weighted by atomic mass is 16.5. The molecule has 34 heavy (non-hydrogen) atoms. The molecule has 2 aliphatic heterocycles. The van der Waals surface area contributed by atoms with Crippen molar-refractivity contribution in [3.05, 3.63) is 59.5 Å². The second-order valence-corrected chi connectivity index (χ2v) is 9.87. The summed E-state index contributed by atoms with van der Waals surface area (Å²) in [6.45, 7) is 6.62. The van der Waals surface area contributed by atoms with Crippen LogP contribution in [0.15, 0.2) is 42.6 Å². The molecule has 0 aliphatic carbocycles. The zero-order chi connectivity index (χ0) is 24.0. The Labute approximate surface area is 200 Å². The zero-order valence-electron chi connectivity index (χ0n) is 20.3. The van der Waals surface area contributed by atoms with Gasteiger partial charge < -0.3 is 24.6 Å². The van der Waals surface area contributed by atoms with Crippen molar-refractivity contribution in [2.75, 3.05) is 33.4 Å². The van der Waals surface area contributed by atoms with Gasteiger partial charge in [-0.05, 0) is 43.7 Å². The minimum absolute atomic E-state index is 0.00869. The molecule has 1 saturated heterocycles. The Hall–Kier alpha value is -3.10. The molecule has 3 aromatic rings. The summed E-state index contributed by atoms with van der Waals surface area (Å²) in [5.74, 6) is 0.803. The molecule has 0 radical (unpaired) electrons. The van der Waals surface area contributed by atoms with E-state index in [1.54, 1.807) is 13.3 Å². The molecule has 2 N–H and O–H groups in total. The Balaban J connectivity index is 1.60. The third kappa shape index (κ3) is 3.61. The molecule has 2 amide bonds. The summed E-state index contributed by atoms with van der Waals surface area (Å²) < 4.78 is 7.69. The fraction of sp³-hybridized carbons (Fsp3) is 0.462. The first-order valence-electron chi connectivity index (χ1n) is 11.8. The number of hydrogen-bond acceptors (Lipinski definition) is 5. The minimum atomic E-state index is -0.210. The third-order valence-corrected chi connectivity index (χ3v) is 7.20. The molecular formula is C26H33N5O3. The van der Waals surface area contributed by atoms with Gasteiger partial charge in [0, 0.05) is 68.0 Å². The number of nitrogens with zero attached hydrogens (tertiary/aromatic N) is 4. The molecule has 4 heterocycles. The number of hydrogen-bond donors (Lipinski definition) is 2. The summed E-state index contributed by atoms with van der Waals surface area (Å²) in [4.78, 5) is 21.5. The number of fused-ring (bicyclic) bond motifs is 4. The number of carbonyl (C=O) groups excluding carboxylic acids is 1. The number of urea groups is 1. The number of benzene rings is 1. The third-order valence-electron chi connectivity index (χ3n) is 7.20. The van der Waals surface area contributed by atoms with Crippen LogP contribution in [0.4, 0.5) is 4.79 Å². The monoisotopic (exact) mass is 463 g/mol. The molecule has 1 atom stereocenters. The van der Waals surface area contributed by atoms with Crippen molar-refractivity contribution in [2.24, 2.45) is 7.05 Å². The van der Waals surface area contributed by atoms with Gasteiger partial charge in [0.25, 0.3) is 0 Å². The maximum atomic E-state index is 12.7. The van der Waals surface area contributed by atoms with Crippen molar-refractivity contribution in [1.82, 2.24) is 24.7 Å². The van der Waals surface area contributed by atoms with E-state index in [1.165, 1.54) is 5.56 Å². The van der Waals surface area contributed by atoms with Crippen LogP contribution in [0.3, 0.4) is 0 Å². The molecule has 1 aromatic carbocycles. The van der Waals surface area contributed by atoms with E-state index in [9.17, 15) is 9.90 Å². The van der Waals surface area contributed by atoms with Crippen LogP contribution in [-0.2, 0) is 19.0 Å². The number of carbonyl (C=O) groups is 1. The van der Waals surface area contributed by atoms with Crippen LogP contribution in [-0.4, -0.2) is 69.9 Å². The summed E-state index contributed by atoms with van der Waals surface area (Å²) in [7, 11) is 3.73. The number of nitrogens with one attached hydrogen (secondary N) is 1. The van der Waals surface area contributed by atoms with E-state index in [-0.39, 0.29) is 30.1 Å². The van der Waals surface area contributed by atoms with Crippen LogP contribution >= 0.6 is 0 Å². The van der Waals surface area contributed by atoms with Gasteiger partial charge in [-0.25, -0.2) is 4.79 Å². The van der Waals surface area contributed by atoms with Crippen LogP contribution in [0.2, 0.25) is 0 Å². The topological polar surface area (TPSA) is 82.9 Å². The highest BCUT2D eigenvalue weighted by Gasteiger charge is 2.54. The van der Waals surface area contributed by atoms with E-state index in [2.05, 4.69) is 38.9 Å².